The van der Waals surface area contributed by atoms with Gasteiger partial charge in [0.05, 0.1) is 11.8 Å². The Morgan fingerprint density at radius 2 is 1.78 bits per heavy atom. The SMILES string of the molecule is Cc1cc(Br)ccc1NC(=O)C1CC1C(=O)NC1CCCCC1. The lowest BCUT2D eigenvalue weighted by Gasteiger charge is -2.22. The first-order valence-electron chi connectivity index (χ1n) is 8.42. The fourth-order valence-corrected chi connectivity index (χ4v) is 3.80. The number of aryl methyl sites for hydroxylation is 1. The summed E-state index contributed by atoms with van der Waals surface area (Å²) in [5.74, 6) is -0.307. The molecule has 5 heteroatoms. The van der Waals surface area contributed by atoms with Crippen LogP contribution >= 0.6 is 15.9 Å². The number of hydrogen-bond donors (Lipinski definition) is 2. The van der Waals surface area contributed by atoms with Crippen LogP contribution in [0.25, 0.3) is 0 Å². The van der Waals surface area contributed by atoms with Gasteiger partial charge in [0, 0.05) is 16.2 Å². The number of nitrogens with one attached hydrogen (secondary N) is 2. The Hall–Kier alpha value is -1.36. The highest BCUT2D eigenvalue weighted by Gasteiger charge is 2.48. The minimum atomic E-state index is -0.179. The second-order valence-electron chi connectivity index (χ2n) is 6.74. The van der Waals surface area contributed by atoms with Crippen LogP contribution in [0, 0.1) is 18.8 Å². The van der Waals surface area contributed by atoms with Gasteiger partial charge in [-0.25, -0.2) is 0 Å². The monoisotopic (exact) mass is 378 g/mol. The van der Waals surface area contributed by atoms with Crippen LogP contribution < -0.4 is 10.6 Å². The van der Waals surface area contributed by atoms with Crippen molar-refractivity contribution < 1.29 is 9.59 Å². The Bertz CT molecular complexity index is 611. The molecule has 0 aromatic heterocycles. The van der Waals surface area contributed by atoms with Gasteiger partial charge in [-0.1, -0.05) is 35.2 Å². The maximum absolute atomic E-state index is 12.3. The van der Waals surface area contributed by atoms with Crippen molar-refractivity contribution in [2.24, 2.45) is 11.8 Å². The highest BCUT2D eigenvalue weighted by molar-refractivity contribution is 9.10. The van der Waals surface area contributed by atoms with Crippen LogP contribution in [-0.4, -0.2) is 17.9 Å². The van der Waals surface area contributed by atoms with Gasteiger partial charge in [0.25, 0.3) is 0 Å². The van der Waals surface area contributed by atoms with Gasteiger partial charge in [0.15, 0.2) is 0 Å². The molecule has 0 radical (unpaired) electrons. The van der Waals surface area contributed by atoms with E-state index in [0.717, 1.165) is 28.6 Å². The molecule has 23 heavy (non-hydrogen) atoms. The van der Waals surface area contributed by atoms with Gasteiger partial charge in [0.2, 0.25) is 11.8 Å². The molecule has 0 heterocycles. The highest BCUT2D eigenvalue weighted by atomic mass is 79.9. The fourth-order valence-electron chi connectivity index (χ4n) is 3.32. The normalized spacial score (nSPS) is 24.1. The van der Waals surface area contributed by atoms with E-state index in [1.807, 2.05) is 25.1 Å². The molecule has 2 saturated carbocycles. The second-order valence-corrected chi connectivity index (χ2v) is 7.66. The molecule has 2 amide bonds. The number of carbonyl (C=O) groups is 2. The van der Waals surface area contributed by atoms with Crippen molar-refractivity contribution in [3.05, 3.63) is 28.2 Å². The first-order valence-corrected chi connectivity index (χ1v) is 9.21. The minimum Gasteiger partial charge on any atom is -0.353 e. The summed E-state index contributed by atoms with van der Waals surface area (Å²) in [6, 6.07) is 6.07. The Morgan fingerprint density at radius 1 is 1.09 bits per heavy atom. The number of halogens is 1. The van der Waals surface area contributed by atoms with E-state index in [1.54, 1.807) is 0 Å². The Morgan fingerprint density at radius 3 is 2.48 bits per heavy atom. The average Bonchev–Trinajstić information content (AvgIpc) is 3.32. The molecule has 4 nitrogen and oxygen atoms in total. The van der Waals surface area contributed by atoms with Crippen LogP contribution in [0.5, 0.6) is 0 Å². The van der Waals surface area contributed by atoms with E-state index >= 15 is 0 Å². The van der Waals surface area contributed by atoms with Crippen molar-refractivity contribution in [3.8, 4) is 0 Å². The molecular formula is C18H23BrN2O2. The van der Waals surface area contributed by atoms with Gasteiger partial charge in [-0.3, -0.25) is 9.59 Å². The summed E-state index contributed by atoms with van der Waals surface area (Å²) in [5, 5.41) is 6.07. The van der Waals surface area contributed by atoms with Crippen LogP contribution in [0.1, 0.15) is 44.1 Å². The Kier molecular flexibility index (Phi) is 5.05. The third-order valence-electron chi connectivity index (χ3n) is 4.86. The van der Waals surface area contributed by atoms with Crippen molar-refractivity contribution in [1.29, 1.82) is 0 Å². The molecule has 1 aromatic rings. The van der Waals surface area contributed by atoms with E-state index in [2.05, 4.69) is 26.6 Å². The topological polar surface area (TPSA) is 58.2 Å². The minimum absolute atomic E-state index is 0.0424. The molecule has 2 aliphatic carbocycles. The number of benzene rings is 1. The van der Waals surface area contributed by atoms with E-state index in [1.165, 1.54) is 19.3 Å². The Balaban J connectivity index is 1.51. The highest BCUT2D eigenvalue weighted by Crippen LogP contribution is 2.40. The zero-order valence-electron chi connectivity index (χ0n) is 13.4. The molecular weight excluding hydrogens is 356 g/mol. The number of anilines is 1. The Labute approximate surface area is 145 Å². The first-order chi connectivity index (χ1) is 11.0. The summed E-state index contributed by atoms with van der Waals surface area (Å²) in [6.45, 7) is 1.96. The first kappa shape index (κ1) is 16.5. The summed E-state index contributed by atoms with van der Waals surface area (Å²) < 4.78 is 0.990. The second kappa shape index (κ2) is 7.04. The average molecular weight is 379 g/mol. The van der Waals surface area contributed by atoms with E-state index in [-0.39, 0.29) is 23.7 Å². The van der Waals surface area contributed by atoms with Gasteiger partial charge in [-0.15, -0.1) is 0 Å². The van der Waals surface area contributed by atoms with Gasteiger partial charge in [0.1, 0.15) is 0 Å². The van der Waals surface area contributed by atoms with Crippen LogP contribution in [0.15, 0.2) is 22.7 Å². The van der Waals surface area contributed by atoms with Crippen LogP contribution in [0.2, 0.25) is 0 Å². The largest absolute Gasteiger partial charge is 0.353 e. The maximum atomic E-state index is 12.3. The maximum Gasteiger partial charge on any atom is 0.228 e. The molecule has 124 valence electrons. The van der Waals surface area contributed by atoms with Gasteiger partial charge in [-0.2, -0.15) is 0 Å². The van der Waals surface area contributed by atoms with Crippen LogP contribution in [0.3, 0.4) is 0 Å². The number of hydrogen-bond acceptors (Lipinski definition) is 2. The smallest absolute Gasteiger partial charge is 0.228 e. The lowest BCUT2D eigenvalue weighted by molar-refractivity contribution is -0.126. The molecule has 0 bridgehead atoms. The number of amides is 2. The summed E-state index contributed by atoms with van der Waals surface area (Å²) in [5.41, 5.74) is 1.83. The van der Waals surface area contributed by atoms with E-state index in [9.17, 15) is 9.59 Å². The zero-order chi connectivity index (χ0) is 16.4. The van der Waals surface area contributed by atoms with Gasteiger partial charge >= 0.3 is 0 Å². The lowest BCUT2D eigenvalue weighted by atomic mass is 9.95. The predicted octanol–water partition coefficient (Wildman–Crippen LogP) is 3.78. The number of carbonyl (C=O) groups excluding carboxylic acids is 2. The third kappa shape index (κ3) is 4.14. The molecule has 0 saturated heterocycles. The molecule has 2 unspecified atom stereocenters. The molecule has 2 aliphatic rings. The van der Waals surface area contributed by atoms with E-state index in [4.69, 9.17) is 0 Å². The van der Waals surface area contributed by atoms with E-state index in [0.29, 0.717) is 12.5 Å². The lowest BCUT2D eigenvalue weighted by Crippen LogP contribution is -2.37. The molecule has 2 fully saturated rings. The molecule has 2 atom stereocenters. The van der Waals surface area contributed by atoms with Crippen molar-refractivity contribution in [3.63, 3.8) is 0 Å². The standard InChI is InChI=1S/C18H23BrN2O2/c1-11-9-12(19)7-8-16(11)21-18(23)15-10-14(15)17(22)20-13-5-3-2-4-6-13/h7-9,13-15H,2-6,10H2,1H3,(H,20,22)(H,21,23). The van der Waals surface area contributed by atoms with Crippen LogP contribution in [-0.2, 0) is 9.59 Å². The van der Waals surface area contributed by atoms with Crippen molar-refractivity contribution in [2.45, 2.75) is 51.5 Å². The van der Waals surface area contributed by atoms with Crippen molar-refractivity contribution in [1.82, 2.24) is 5.32 Å². The quantitative estimate of drug-likeness (QED) is 0.837. The predicted molar refractivity (Wildman–Crippen MR) is 94.1 cm³/mol. The molecule has 0 spiro atoms. The fraction of sp³-hybridized carbons (Fsp3) is 0.556. The third-order valence-corrected chi connectivity index (χ3v) is 5.36. The molecule has 3 rings (SSSR count). The zero-order valence-corrected chi connectivity index (χ0v) is 15.0. The summed E-state index contributed by atoms with van der Waals surface area (Å²) in [7, 11) is 0. The summed E-state index contributed by atoms with van der Waals surface area (Å²) in [4.78, 5) is 24.6. The summed E-state index contributed by atoms with van der Waals surface area (Å²) >= 11 is 3.41. The summed E-state index contributed by atoms with van der Waals surface area (Å²) in [6.07, 6.45) is 6.49. The van der Waals surface area contributed by atoms with Crippen molar-refractivity contribution in [2.75, 3.05) is 5.32 Å². The molecule has 1 aromatic carbocycles. The number of rotatable bonds is 4. The van der Waals surface area contributed by atoms with Gasteiger partial charge in [-0.05, 0) is 49.9 Å². The van der Waals surface area contributed by atoms with E-state index < -0.39 is 0 Å². The van der Waals surface area contributed by atoms with Crippen molar-refractivity contribution >= 4 is 33.4 Å². The van der Waals surface area contributed by atoms with Crippen LogP contribution in [0.4, 0.5) is 5.69 Å². The van der Waals surface area contributed by atoms with Gasteiger partial charge < -0.3 is 10.6 Å². The molecule has 2 N–H and O–H groups in total. The molecule has 0 aliphatic heterocycles.